The number of hydrogen-bond acceptors (Lipinski definition) is 3. The van der Waals surface area contributed by atoms with Crippen molar-refractivity contribution in [1.29, 1.82) is 0 Å². The van der Waals surface area contributed by atoms with Gasteiger partial charge in [0.05, 0.1) is 0 Å². The average molecular weight is 252 g/mol. The molecule has 0 bridgehead atoms. The van der Waals surface area contributed by atoms with E-state index in [1.807, 2.05) is 0 Å². The van der Waals surface area contributed by atoms with Crippen molar-refractivity contribution in [2.45, 2.75) is 25.8 Å². The van der Waals surface area contributed by atoms with Crippen molar-refractivity contribution < 1.29 is 4.74 Å². The minimum atomic E-state index is 0.309. The van der Waals surface area contributed by atoms with Crippen LogP contribution >= 0.6 is 11.6 Å². The van der Waals surface area contributed by atoms with Crippen LogP contribution in [0, 0.1) is 6.92 Å². The zero-order chi connectivity index (χ0) is 11.8. The number of fused-ring (bicyclic) bond motifs is 1. The topological polar surface area (TPSA) is 39.9 Å². The molecule has 0 aromatic carbocycles. The van der Waals surface area contributed by atoms with Crippen LogP contribution in [0.4, 0.5) is 0 Å². The van der Waals surface area contributed by atoms with Gasteiger partial charge in [-0.05, 0) is 36.9 Å². The SMILES string of the molecule is Cc1cn(C2CCOCC2)c2nc(Cl)ncc12. The third-order valence-electron chi connectivity index (χ3n) is 3.33. The molecule has 0 aliphatic carbocycles. The van der Waals surface area contributed by atoms with Crippen molar-refractivity contribution in [3.63, 3.8) is 0 Å². The Balaban J connectivity index is 2.11. The fourth-order valence-electron chi connectivity index (χ4n) is 2.41. The van der Waals surface area contributed by atoms with Gasteiger partial charge in [-0.2, -0.15) is 4.98 Å². The Bertz CT molecular complexity index is 546. The zero-order valence-corrected chi connectivity index (χ0v) is 10.4. The number of aryl methyl sites for hydroxylation is 1. The second-order valence-electron chi connectivity index (χ2n) is 4.44. The van der Waals surface area contributed by atoms with Gasteiger partial charge < -0.3 is 9.30 Å². The highest BCUT2D eigenvalue weighted by Gasteiger charge is 2.19. The first-order valence-corrected chi connectivity index (χ1v) is 6.21. The average Bonchev–Trinajstić information content (AvgIpc) is 2.67. The van der Waals surface area contributed by atoms with E-state index in [1.165, 1.54) is 5.56 Å². The van der Waals surface area contributed by atoms with Gasteiger partial charge in [-0.1, -0.05) is 0 Å². The van der Waals surface area contributed by atoms with Gasteiger partial charge in [-0.3, -0.25) is 0 Å². The second kappa shape index (κ2) is 4.27. The quantitative estimate of drug-likeness (QED) is 0.732. The lowest BCUT2D eigenvalue weighted by Gasteiger charge is -2.24. The Kier molecular flexibility index (Phi) is 2.76. The molecule has 17 heavy (non-hydrogen) atoms. The fourth-order valence-corrected chi connectivity index (χ4v) is 2.54. The van der Waals surface area contributed by atoms with Crippen molar-refractivity contribution in [1.82, 2.24) is 14.5 Å². The van der Waals surface area contributed by atoms with Crippen LogP contribution < -0.4 is 0 Å². The summed E-state index contributed by atoms with van der Waals surface area (Å²) in [5.74, 6) is 0. The maximum atomic E-state index is 5.88. The summed E-state index contributed by atoms with van der Waals surface area (Å²) in [5, 5.41) is 1.39. The van der Waals surface area contributed by atoms with Gasteiger partial charge in [0.2, 0.25) is 5.28 Å². The van der Waals surface area contributed by atoms with E-state index in [-0.39, 0.29) is 0 Å². The molecule has 0 amide bonds. The lowest BCUT2D eigenvalue weighted by Crippen LogP contribution is -2.19. The fraction of sp³-hybridized carbons (Fsp3) is 0.500. The van der Waals surface area contributed by atoms with E-state index in [0.717, 1.165) is 37.1 Å². The standard InChI is InChI=1S/C12H14ClN3O/c1-8-7-16(9-2-4-17-5-3-9)11-10(8)6-14-12(13)15-11/h6-7,9H,2-5H2,1H3. The van der Waals surface area contributed by atoms with E-state index in [9.17, 15) is 0 Å². The first-order valence-electron chi connectivity index (χ1n) is 5.83. The summed E-state index contributed by atoms with van der Waals surface area (Å²) >= 11 is 5.88. The predicted octanol–water partition coefficient (Wildman–Crippen LogP) is 2.74. The van der Waals surface area contributed by atoms with Crippen molar-refractivity contribution in [2.24, 2.45) is 0 Å². The van der Waals surface area contributed by atoms with E-state index < -0.39 is 0 Å². The highest BCUT2D eigenvalue weighted by Crippen LogP contribution is 2.28. The summed E-state index contributed by atoms with van der Waals surface area (Å²) < 4.78 is 7.61. The van der Waals surface area contributed by atoms with Crippen LogP contribution in [0.5, 0.6) is 0 Å². The number of halogens is 1. The van der Waals surface area contributed by atoms with Gasteiger partial charge in [-0.25, -0.2) is 4.98 Å². The lowest BCUT2D eigenvalue weighted by molar-refractivity contribution is 0.0706. The smallest absolute Gasteiger partial charge is 0.224 e. The van der Waals surface area contributed by atoms with Crippen LogP contribution in [-0.2, 0) is 4.74 Å². The number of hydrogen-bond donors (Lipinski definition) is 0. The molecule has 0 unspecified atom stereocenters. The molecule has 0 N–H and O–H groups in total. The van der Waals surface area contributed by atoms with E-state index >= 15 is 0 Å². The molecule has 2 aromatic rings. The molecule has 3 rings (SSSR count). The summed E-state index contributed by atoms with van der Waals surface area (Å²) in [6, 6.07) is 0.464. The van der Waals surface area contributed by atoms with E-state index in [4.69, 9.17) is 16.3 Å². The molecular formula is C12H14ClN3O. The molecule has 1 aliphatic rings. The maximum absolute atomic E-state index is 5.88. The monoisotopic (exact) mass is 251 g/mol. The summed E-state index contributed by atoms with van der Waals surface area (Å²) in [6.45, 7) is 3.72. The van der Waals surface area contributed by atoms with Crippen LogP contribution in [0.25, 0.3) is 11.0 Å². The molecular weight excluding hydrogens is 238 g/mol. The van der Waals surface area contributed by atoms with E-state index in [1.54, 1.807) is 6.20 Å². The molecule has 0 saturated carbocycles. The Hall–Kier alpha value is -1.13. The molecule has 0 radical (unpaired) electrons. The first kappa shape index (κ1) is 11.0. The van der Waals surface area contributed by atoms with Crippen molar-refractivity contribution in [3.05, 3.63) is 23.2 Å². The van der Waals surface area contributed by atoms with E-state index in [2.05, 4.69) is 27.7 Å². The lowest BCUT2D eigenvalue weighted by atomic mass is 10.1. The molecule has 0 atom stereocenters. The minimum Gasteiger partial charge on any atom is -0.381 e. The van der Waals surface area contributed by atoms with Crippen LogP contribution in [0.2, 0.25) is 5.28 Å². The van der Waals surface area contributed by atoms with Crippen LogP contribution in [-0.4, -0.2) is 27.7 Å². The van der Waals surface area contributed by atoms with Crippen molar-refractivity contribution in [2.75, 3.05) is 13.2 Å². The Morgan fingerprint density at radius 1 is 1.41 bits per heavy atom. The molecule has 2 aromatic heterocycles. The number of aromatic nitrogens is 3. The minimum absolute atomic E-state index is 0.309. The zero-order valence-electron chi connectivity index (χ0n) is 9.69. The van der Waals surface area contributed by atoms with Gasteiger partial charge in [-0.15, -0.1) is 0 Å². The third kappa shape index (κ3) is 1.91. The van der Waals surface area contributed by atoms with Gasteiger partial charge in [0.25, 0.3) is 0 Å². The van der Waals surface area contributed by atoms with E-state index in [0.29, 0.717) is 11.3 Å². The molecule has 5 heteroatoms. The largest absolute Gasteiger partial charge is 0.381 e. The van der Waals surface area contributed by atoms with Gasteiger partial charge in [0.1, 0.15) is 5.65 Å². The summed E-state index contributed by atoms with van der Waals surface area (Å²) in [5.41, 5.74) is 2.14. The highest BCUT2D eigenvalue weighted by molar-refractivity contribution is 6.28. The number of ether oxygens (including phenoxy) is 1. The van der Waals surface area contributed by atoms with Gasteiger partial charge >= 0.3 is 0 Å². The van der Waals surface area contributed by atoms with Crippen LogP contribution in [0.1, 0.15) is 24.4 Å². The Labute approximate surface area is 105 Å². The Morgan fingerprint density at radius 3 is 2.94 bits per heavy atom. The van der Waals surface area contributed by atoms with Gasteiger partial charge in [0, 0.05) is 37.0 Å². The summed E-state index contributed by atoms with van der Waals surface area (Å²) in [7, 11) is 0. The van der Waals surface area contributed by atoms with Crippen LogP contribution in [0.15, 0.2) is 12.4 Å². The Morgan fingerprint density at radius 2 is 2.18 bits per heavy atom. The number of nitrogens with zero attached hydrogens (tertiary/aromatic N) is 3. The molecule has 90 valence electrons. The molecule has 0 spiro atoms. The molecule has 4 nitrogen and oxygen atoms in total. The predicted molar refractivity (Wildman–Crippen MR) is 66.4 cm³/mol. The first-order chi connectivity index (χ1) is 8.25. The molecule has 1 aliphatic heterocycles. The molecule has 1 fully saturated rings. The van der Waals surface area contributed by atoms with Crippen molar-refractivity contribution in [3.8, 4) is 0 Å². The molecule has 1 saturated heterocycles. The summed E-state index contributed by atoms with van der Waals surface area (Å²) in [4.78, 5) is 8.39. The van der Waals surface area contributed by atoms with Crippen LogP contribution in [0.3, 0.4) is 0 Å². The normalized spacial score (nSPS) is 17.8. The van der Waals surface area contributed by atoms with Crippen molar-refractivity contribution >= 4 is 22.6 Å². The maximum Gasteiger partial charge on any atom is 0.224 e. The van der Waals surface area contributed by atoms with Gasteiger partial charge in [0.15, 0.2) is 0 Å². The second-order valence-corrected chi connectivity index (χ2v) is 4.78. The number of rotatable bonds is 1. The summed E-state index contributed by atoms with van der Waals surface area (Å²) in [6.07, 6.45) is 6.01. The highest BCUT2D eigenvalue weighted by atomic mass is 35.5. The third-order valence-corrected chi connectivity index (χ3v) is 3.51. The molecule has 3 heterocycles.